The van der Waals surface area contributed by atoms with Crippen molar-refractivity contribution >= 4 is 16.8 Å². The van der Waals surface area contributed by atoms with Gasteiger partial charge in [0.25, 0.3) is 0 Å². The van der Waals surface area contributed by atoms with Gasteiger partial charge in [-0.25, -0.2) is 0 Å². The number of methoxy groups -OCH3 is 1. The number of hydrogen-bond acceptors (Lipinski definition) is 4. The van der Waals surface area contributed by atoms with Crippen molar-refractivity contribution in [2.75, 3.05) is 26.1 Å². The van der Waals surface area contributed by atoms with Crippen molar-refractivity contribution in [3.8, 4) is 0 Å². The molecule has 1 aliphatic rings. The van der Waals surface area contributed by atoms with Gasteiger partial charge in [0, 0.05) is 35.0 Å². The Morgan fingerprint density at radius 2 is 2.00 bits per heavy atom. The number of esters is 1. The third kappa shape index (κ3) is 3.56. The SMILES string of the molecule is COC(=O)C(C)(C)CS(=O)C1CCOCC1. The van der Waals surface area contributed by atoms with Gasteiger partial charge in [-0.2, -0.15) is 0 Å². The zero-order valence-corrected chi connectivity index (χ0v) is 11.0. The van der Waals surface area contributed by atoms with E-state index in [1.165, 1.54) is 7.11 Å². The summed E-state index contributed by atoms with van der Waals surface area (Å²) in [5, 5.41) is 0.165. The number of carbonyl (C=O) groups excluding carboxylic acids is 1. The summed E-state index contributed by atoms with van der Waals surface area (Å²) in [6, 6.07) is 0. The van der Waals surface area contributed by atoms with Crippen LogP contribution in [0.25, 0.3) is 0 Å². The molecule has 0 N–H and O–H groups in total. The molecule has 1 heterocycles. The Kier molecular flexibility index (Phi) is 4.92. The predicted molar refractivity (Wildman–Crippen MR) is 62.6 cm³/mol. The van der Waals surface area contributed by atoms with Crippen LogP contribution >= 0.6 is 0 Å². The van der Waals surface area contributed by atoms with Crippen LogP contribution in [0.2, 0.25) is 0 Å². The van der Waals surface area contributed by atoms with E-state index in [4.69, 9.17) is 9.47 Å². The van der Waals surface area contributed by atoms with Crippen molar-refractivity contribution < 1.29 is 18.5 Å². The van der Waals surface area contributed by atoms with E-state index >= 15 is 0 Å². The Morgan fingerprint density at radius 1 is 1.44 bits per heavy atom. The van der Waals surface area contributed by atoms with Crippen LogP contribution in [0, 0.1) is 5.41 Å². The van der Waals surface area contributed by atoms with E-state index < -0.39 is 16.2 Å². The summed E-state index contributed by atoms with van der Waals surface area (Å²) in [4.78, 5) is 11.5. The molecule has 1 unspecified atom stereocenters. The molecular weight excluding hydrogens is 228 g/mol. The third-order valence-electron chi connectivity index (χ3n) is 2.78. The van der Waals surface area contributed by atoms with Crippen LogP contribution in [-0.2, 0) is 25.1 Å². The van der Waals surface area contributed by atoms with Crippen LogP contribution in [-0.4, -0.2) is 41.5 Å². The molecule has 0 saturated carbocycles. The second-order valence-corrected chi connectivity index (χ2v) is 6.43. The van der Waals surface area contributed by atoms with Crippen molar-refractivity contribution in [1.29, 1.82) is 0 Å². The van der Waals surface area contributed by atoms with Crippen LogP contribution in [0.15, 0.2) is 0 Å². The van der Waals surface area contributed by atoms with Crippen molar-refractivity contribution in [2.24, 2.45) is 5.41 Å². The highest BCUT2D eigenvalue weighted by Gasteiger charge is 2.33. The molecule has 0 spiro atoms. The fourth-order valence-electron chi connectivity index (χ4n) is 1.75. The Balaban J connectivity index is 2.52. The summed E-state index contributed by atoms with van der Waals surface area (Å²) in [5.41, 5.74) is -0.669. The minimum atomic E-state index is -0.979. The van der Waals surface area contributed by atoms with E-state index in [-0.39, 0.29) is 11.2 Å². The number of rotatable bonds is 4. The van der Waals surface area contributed by atoms with Gasteiger partial charge in [-0.15, -0.1) is 0 Å². The molecule has 0 aromatic heterocycles. The normalized spacial score (nSPS) is 20.4. The van der Waals surface area contributed by atoms with Crippen LogP contribution < -0.4 is 0 Å². The first-order valence-electron chi connectivity index (χ1n) is 5.50. The van der Waals surface area contributed by atoms with Gasteiger partial charge in [0.05, 0.1) is 12.5 Å². The molecule has 94 valence electrons. The molecule has 16 heavy (non-hydrogen) atoms. The van der Waals surface area contributed by atoms with Crippen molar-refractivity contribution in [3.05, 3.63) is 0 Å². The van der Waals surface area contributed by atoms with Crippen molar-refractivity contribution in [1.82, 2.24) is 0 Å². The van der Waals surface area contributed by atoms with E-state index in [2.05, 4.69) is 0 Å². The van der Waals surface area contributed by atoms with Crippen molar-refractivity contribution in [2.45, 2.75) is 31.9 Å². The maximum Gasteiger partial charge on any atom is 0.312 e. The maximum atomic E-state index is 12.1. The van der Waals surface area contributed by atoms with Crippen LogP contribution in [0.5, 0.6) is 0 Å². The zero-order chi connectivity index (χ0) is 12.2. The molecule has 1 atom stereocenters. The second kappa shape index (κ2) is 5.77. The highest BCUT2D eigenvalue weighted by molar-refractivity contribution is 7.85. The van der Waals surface area contributed by atoms with Crippen molar-refractivity contribution in [3.63, 3.8) is 0 Å². The van der Waals surface area contributed by atoms with Gasteiger partial charge >= 0.3 is 5.97 Å². The van der Waals surface area contributed by atoms with E-state index in [1.807, 2.05) is 0 Å². The molecule has 1 saturated heterocycles. The highest BCUT2D eigenvalue weighted by Crippen LogP contribution is 2.23. The Hall–Kier alpha value is -0.420. The molecule has 4 nitrogen and oxygen atoms in total. The molecule has 0 bridgehead atoms. The molecule has 1 rings (SSSR count). The minimum absolute atomic E-state index is 0.165. The Morgan fingerprint density at radius 3 is 2.50 bits per heavy atom. The van der Waals surface area contributed by atoms with Gasteiger partial charge in [-0.3, -0.25) is 9.00 Å². The minimum Gasteiger partial charge on any atom is -0.469 e. The lowest BCUT2D eigenvalue weighted by atomic mass is 9.97. The molecule has 0 radical (unpaired) electrons. The first kappa shape index (κ1) is 13.6. The lowest BCUT2D eigenvalue weighted by Gasteiger charge is -2.26. The largest absolute Gasteiger partial charge is 0.469 e. The molecule has 0 aromatic carbocycles. The van der Waals surface area contributed by atoms with Crippen LogP contribution in [0.1, 0.15) is 26.7 Å². The average Bonchev–Trinajstić information content (AvgIpc) is 2.28. The fraction of sp³-hybridized carbons (Fsp3) is 0.909. The van der Waals surface area contributed by atoms with Gasteiger partial charge in [-0.05, 0) is 26.7 Å². The molecular formula is C11H20O4S. The fourth-order valence-corrected chi connectivity index (χ4v) is 3.53. The first-order valence-corrected chi connectivity index (χ1v) is 6.89. The zero-order valence-electron chi connectivity index (χ0n) is 10.2. The summed E-state index contributed by atoms with van der Waals surface area (Å²) in [6.45, 7) is 4.90. The molecule has 5 heteroatoms. The number of carbonyl (C=O) groups is 1. The Bertz CT molecular complexity index is 269. The molecule has 0 aromatic rings. The summed E-state index contributed by atoms with van der Waals surface area (Å²) in [7, 11) is 0.384. The average molecular weight is 248 g/mol. The summed E-state index contributed by atoms with van der Waals surface area (Å²) in [5.74, 6) is 0.0672. The predicted octanol–water partition coefficient (Wildman–Crippen LogP) is 1.11. The maximum absolute atomic E-state index is 12.1. The lowest BCUT2D eigenvalue weighted by molar-refractivity contribution is -0.149. The van der Waals surface area contributed by atoms with E-state index in [0.29, 0.717) is 19.0 Å². The molecule has 1 fully saturated rings. The number of hydrogen-bond donors (Lipinski definition) is 0. The van der Waals surface area contributed by atoms with E-state index in [1.54, 1.807) is 13.8 Å². The second-order valence-electron chi connectivity index (χ2n) is 4.71. The van der Waals surface area contributed by atoms with Gasteiger partial charge in [0.2, 0.25) is 0 Å². The monoisotopic (exact) mass is 248 g/mol. The quantitative estimate of drug-likeness (QED) is 0.699. The molecule has 0 aliphatic carbocycles. The van der Waals surface area contributed by atoms with Gasteiger partial charge in [0.15, 0.2) is 0 Å². The van der Waals surface area contributed by atoms with Gasteiger partial charge < -0.3 is 9.47 Å². The third-order valence-corrected chi connectivity index (χ3v) is 5.00. The van der Waals surface area contributed by atoms with Crippen LogP contribution in [0.4, 0.5) is 0 Å². The molecule has 1 aliphatic heterocycles. The summed E-state index contributed by atoms with van der Waals surface area (Å²) < 4.78 is 22.0. The smallest absolute Gasteiger partial charge is 0.312 e. The van der Waals surface area contributed by atoms with E-state index in [0.717, 1.165) is 12.8 Å². The number of ether oxygens (including phenoxy) is 2. The van der Waals surface area contributed by atoms with Crippen LogP contribution in [0.3, 0.4) is 0 Å². The first-order chi connectivity index (χ1) is 7.47. The van der Waals surface area contributed by atoms with Gasteiger partial charge in [0.1, 0.15) is 0 Å². The highest BCUT2D eigenvalue weighted by atomic mass is 32.2. The summed E-state index contributed by atoms with van der Waals surface area (Å²) in [6.07, 6.45) is 1.65. The van der Waals surface area contributed by atoms with E-state index in [9.17, 15) is 9.00 Å². The summed E-state index contributed by atoms with van der Waals surface area (Å²) >= 11 is 0. The standard InChI is InChI=1S/C11H20O4S/c1-11(2,10(12)14-3)8-16(13)9-4-6-15-7-5-9/h9H,4-8H2,1-3H3. The molecule has 0 amide bonds. The lowest BCUT2D eigenvalue weighted by Crippen LogP contribution is -2.36. The van der Waals surface area contributed by atoms with Gasteiger partial charge in [-0.1, -0.05) is 0 Å². The Labute approximate surface area is 99.1 Å². The topological polar surface area (TPSA) is 52.6 Å².